The van der Waals surface area contributed by atoms with Crippen molar-refractivity contribution in [3.8, 4) is 17.1 Å². The van der Waals surface area contributed by atoms with Crippen molar-refractivity contribution in [2.75, 3.05) is 12.4 Å². The lowest BCUT2D eigenvalue weighted by atomic mass is 10.1. The number of ether oxygens (including phenoxy) is 1. The summed E-state index contributed by atoms with van der Waals surface area (Å²) >= 11 is 7.44. The second-order valence-corrected chi connectivity index (χ2v) is 8.67. The summed E-state index contributed by atoms with van der Waals surface area (Å²) in [4.78, 5) is 12.8. The van der Waals surface area contributed by atoms with E-state index in [1.807, 2.05) is 19.1 Å². The Morgan fingerprint density at radius 2 is 2.07 bits per heavy atom. The topological polar surface area (TPSA) is 69.0 Å². The fourth-order valence-electron chi connectivity index (χ4n) is 3.02. The Kier molecular flexibility index (Phi) is 7.39. The first-order chi connectivity index (χ1) is 14.4. The van der Waals surface area contributed by atoms with Crippen LogP contribution in [0.1, 0.15) is 25.8 Å². The molecule has 1 unspecified atom stereocenters. The van der Waals surface area contributed by atoms with Crippen LogP contribution in [0.25, 0.3) is 11.4 Å². The van der Waals surface area contributed by atoms with E-state index in [9.17, 15) is 4.79 Å². The Hall–Kier alpha value is -2.51. The van der Waals surface area contributed by atoms with E-state index in [-0.39, 0.29) is 11.2 Å². The zero-order chi connectivity index (χ0) is 21.7. The number of nitrogens with zero attached hydrogens (tertiary/aromatic N) is 3. The van der Waals surface area contributed by atoms with Crippen LogP contribution in [0.2, 0.25) is 5.02 Å². The molecule has 0 saturated heterocycles. The van der Waals surface area contributed by atoms with E-state index in [0.29, 0.717) is 21.6 Å². The average molecular weight is 445 g/mol. The zero-order valence-electron chi connectivity index (χ0n) is 17.5. The lowest BCUT2D eigenvalue weighted by molar-refractivity contribution is -0.115. The van der Waals surface area contributed by atoms with Crippen LogP contribution >= 0.6 is 23.4 Å². The minimum absolute atomic E-state index is 0.163. The van der Waals surface area contributed by atoms with Gasteiger partial charge in [0.25, 0.3) is 0 Å². The van der Waals surface area contributed by atoms with Gasteiger partial charge in [0.2, 0.25) is 5.91 Å². The van der Waals surface area contributed by atoms with Crippen molar-refractivity contribution in [1.29, 1.82) is 0 Å². The van der Waals surface area contributed by atoms with E-state index < -0.39 is 0 Å². The third kappa shape index (κ3) is 5.15. The van der Waals surface area contributed by atoms with Crippen LogP contribution in [-0.4, -0.2) is 33.0 Å². The second kappa shape index (κ2) is 10.00. The van der Waals surface area contributed by atoms with E-state index >= 15 is 0 Å². The van der Waals surface area contributed by atoms with Crippen LogP contribution < -0.4 is 10.1 Å². The molecule has 3 aromatic rings. The molecule has 6 nitrogen and oxygen atoms in total. The zero-order valence-corrected chi connectivity index (χ0v) is 19.0. The molecule has 0 saturated carbocycles. The summed E-state index contributed by atoms with van der Waals surface area (Å²) in [5.74, 6) is 1.21. The number of hydrogen-bond acceptors (Lipinski definition) is 5. The number of aromatic nitrogens is 3. The summed E-state index contributed by atoms with van der Waals surface area (Å²) < 4.78 is 7.38. The third-order valence-electron chi connectivity index (χ3n) is 4.51. The number of benzene rings is 2. The molecule has 0 aliphatic rings. The highest BCUT2D eigenvalue weighted by Gasteiger charge is 2.21. The van der Waals surface area contributed by atoms with Gasteiger partial charge in [0.1, 0.15) is 5.75 Å². The predicted octanol–water partition coefficient (Wildman–Crippen LogP) is 5.44. The largest absolute Gasteiger partial charge is 0.495 e. The van der Waals surface area contributed by atoms with Gasteiger partial charge in [0.15, 0.2) is 11.0 Å². The van der Waals surface area contributed by atoms with Gasteiger partial charge in [-0.15, -0.1) is 10.2 Å². The van der Waals surface area contributed by atoms with Crippen molar-refractivity contribution >= 4 is 35.0 Å². The predicted molar refractivity (Wildman–Crippen MR) is 122 cm³/mol. The number of hydrogen-bond donors (Lipinski definition) is 1. The summed E-state index contributed by atoms with van der Waals surface area (Å²) in [5.41, 5.74) is 2.72. The van der Waals surface area contributed by atoms with Gasteiger partial charge >= 0.3 is 0 Å². The maximum Gasteiger partial charge on any atom is 0.237 e. The van der Waals surface area contributed by atoms with Crippen LogP contribution in [0.15, 0.2) is 47.6 Å². The molecule has 1 atom stereocenters. The maximum absolute atomic E-state index is 12.8. The number of halogens is 1. The monoisotopic (exact) mass is 444 g/mol. The van der Waals surface area contributed by atoms with Gasteiger partial charge in [-0.1, -0.05) is 54.0 Å². The number of thioether (sulfide) groups is 1. The summed E-state index contributed by atoms with van der Waals surface area (Å²) in [5, 5.41) is 12.5. The van der Waals surface area contributed by atoms with Crippen LogP contribution in [0.4, 0.5) is 5.69 Å². The molecule has 1 aromatic heterocycles. The lowest BCUT2D eigenvalue weighted by Gasteiger charge is -2.15. The summed E-state index contributed by atoms with van der Waals surface area (Å²) in [6.07, 6.45) is 0.935. The number of carbonyl (C=O) groups excluding carboxylic acids is 1. The molecule has 0 spiro atoms. The molecule has 0 bridgehead atoms. The average Bonchev–Trinajstić information content (AvgIpc) is 3.10. The normalized spacial score (nSPS) is 11.9. The molecule has 158 valence electrons. The Bertz CT molecular complexity index is 1040. The van der Waals surface area contributed by atoms with Crippen LogP contribution in [-0.2, 0) is 11.3 Å². The third-order valence-corrected chi connectivity index (χ3v) is 5.83. The molecular formula is C22H25ClN4O2S. The summed E-state index contributed by atoms with van der Waals surface area (Å²) in [6, 6.07) is 13.3. The fraction of sp³-hybridized carbons (Fsp3) is 0.318. The molecule has 1 heterocycles. The number of aryl methyl sites for hydroxylation is 1. The molecule has 0 fully saturated rings. The summed E-state index contributed by atoms with van der Waals surface area (Å²) in [7, 11) is 1.55. The molecular weight excluding hydrogens is 420 g/mol. The smallest absolute Gasteiger partial charge is 0.237 e. The molecule has 2 aromatic carbocycles. The highest BCUT2D eigenvalue weighted by atomic mass is 35.5. The SMILES string of the molecule is CCCn1c(SC(C)C(=O)Nc2cc(Cl)ccc2OC)nnc1-c1cccc(C)c1. The van der Waals surface area contributed by atoms with Gasteiger partial charge in [-0.3, -0.25) is 4.79 Å². The highest BCUT2D eigenvalue weighted by Crippen LogP contribution is 2.31. The minimum Gasteiger partial charge on any atom is -0.495 e. The van der Waals surface area contributed by atoms with Crippen LogP contribution in [0.3, 0.4) is 0 Å². The number of nitrogens with one attached hydrogen (secondary N) is 1. The van der Waals surface area contributed by atoms with Crippen molar-refractivity contribution in [2.45, 2.75) is 44.1 Å². The number of amides is 1. The van der Waals surface area contributed by atoms with Gasteiger partial charge in [-0.2, -0.15) is 0 Å². The Morgan fingerprint density at radius 3 is 2.77 bits per heavy atom. The van der Waals surface area contributed by atoms with E-state index in [1.54, 1.807) is 25.3 Å². The standard InChI is InChI=1S/C22H25ClN4O2S/c1-5-11-27-20(16-8-6-7-14(2)12-16)25-26-22(27)30-15(3)21(28)24-18-13-17(23)9-10-19(18)29-4/h6-10,12-13,15H,5,11H2,1-4H3,(H,24,28). The van der Waals surface area contributed by atoms with Gasteiger partial charge in [-0.05, 0) is 44.5 Å². The first kappa shape index (κ1) is 22.2. The second-order valence-electron chi connectivity index (χ2n) is 6.92. The Balaban J connectivity index is 1.80. The first-order valence-corrected chi connectivity index (χ1v) is 11.0. The van der Waals surface area contributed by atoms with Gasteiger partial charge in [0.05, 0.1) is 18.0 Å². The lowest BCUT2D eigenvalue weighted by Crippen LogP contribution is -2.23. The Morgan fingerprint density at radius 1 is 1.27 bits per heavy atom. The van der Waals surface area contributed by atoms with Crippen molar-refractivity contribution < 1.29 is 9.53 Å². The minimum atomic E-state index is -0.390. The first-order valence-electron chi connectivity index (χ1n) is 9.74. The molecule has 0 aliphatic heterocycles. The number of rotatable bonds is 8. The van der Waals surface area contributed by atoms with E-state index in [2.05, 4.69) is 46.1 Å². The summed E-state index contributed by atoms with van der Waals surface area (Å²) in [6.45, 7) is 6.77. The molecule has 1 amide bonds. The molecule has 8 heteroatoms. The fourth-order valence-corrected chi connectivity index (χ4v) is 4.07. The van der Waals surface area contributed by atoms with Crippen molar-refractivity contribution in [1.82, 2.24) is 14.8 Å². The van der Waals surface area contributed by atoms with Gasteiger partial charge in [-0.25, -0.2) is 0 Å². The van der Waals surface area contributed by atoms with Crippen LogP contribution in [0.5, 0.6) is 5.75 Å². The van der Waals surface area contributed by atoms with Crippen molar-refractivity contribution in [3.63, 3.8) is 0 Å². The molecule has 30 heavy (non-hydrogen) atoms. The quantitative estimate of drug-likeness (QED) is 0.468. The highest BCUT2D eigenvalue weighted by molar-refractivity contribution is 8.00. The van der Waals surface area contributed by atoms with Gasteiger partial charge in [0, 0.05) is 17.1 Å². The Labute approximate surface area is 186 Å². The number of anilines is 1. The maximum atomic E-state index is 12.8. The number of carbonyl (C=O) groups is 1. The van der Waals surface area contributed by atoms with E-state index in [4.69, 9.17) is 16.3 Å². The molecule has 0 aliphatic carbocycles. The van der Waals surface area contributed by atoms with Crippen molar-refractivity contribution in [3.05, 3.63) is 53.1 Å². The van der Waals surface area contributed by atoms with E-state index in [0.717, 1.165) is 29.9 Å². The number of methoxy groups -OCH3 is 1. The van der Waals surface area contributed by atoms with Crippen LogP contribution in [0, 0.1) is 6.92 Å². The molecule has 0 radical (unpaired) electrons. The molecule has 1 N–H and O–H groups in total. The molecule has 3 rings (SSSR count). The van der Waals surface area contributed by atoms with Gasteiger partial charge < -0.3 is 14.6 Å². The van der Waals surface area contributed by atoms with E-state index in [1.165, 1.54) is 11.8 Å². The van der Waals surface area contributed by atoms with Crippen molar-refractivity contribution in [2.24, 2.45) is 0 Å².